The predicted octanol–water partition coefficient (Wildman–Crippen LogP) is -0.471. The normalized spacial score (nSPS) is 12.8. The molecule has 5 N–H and O–H groups in total. The minimum absolute atomic E-state index is 0.105. The summed E-state index contributed by atoms with van der Waals surface area (Å²) < 4.78 is 0. The van der Waals surface area contributed by atoms with Gasteiger partial charge >= 0.3 is 0 Å². The molecule has 1 aliphatic carbocycles. The average molecular weight is 310 g/mol. The van der Waals surface area contributed by atoms with Crippen molar-refractivity contribution in [2.45, 2.75) is 0 Å². The molecule has 0 saturated heterocycles. The minimum atomic E-state index is -0.635. The van der Waals surface area contributed by atoms with Crippen LogP contribution in [0.2, 0.25) is 0 Å². The predicted molar refractivity (Wildman–Crippen MR) is 85.5 cm³/mol. The van der Waals surface area contributed by atoms with Gasteiger partial charge in [-0.25, -0.2) is 0 Å². The first-order valence-electron chi connectivity index (χ1n) is 6.70. The molecule has 0 saturated carbocycles. The average Bonchev–Trinajstić information content (AvgIpc) is 2.50. The van der Waals surface area contributed by atoms with Crippen LogP contribution in [0.3, 0.4) is 0 Å². The number of nitrogens with two attached hydrogens (primary N) is 1. The van der Waals surface area contributed by atoms with E-state index in [1.54, 1.807) is 0 Å². The first-order valence-corrected chi connectivity index (χ1v) is 6.70. The van der Waals surface area contributed by atoms with Crippen molar-refractivity contribution in [3.05, 3.63) is 48.6 Å². The van der Waals surface area contributed by atoms with Crippen molar-refractivity contribution in [2.75, 3.05) is 12.8 Å². The number of hydrogen-bond donors (Lipinski definition) is 4. The number of anilines is 1. The van der Waals surface area contributed by atoms with Crippen LogP contribution in [0, 0.1) is 0 Å². The van der Waals surface area contributed by atoms with Crippen molar-refractivity contribution in [3.63, 3.8) is 0 Å². The van der Waals surface area contributed by atoms with E-state index in [4.69, 9.17) is 5.73 Å². The van der Waals surface area contributed by atoms with Gasteiger partial charge in [0.05, 0.1) is 21.7 Å². The van der Waals surface area contributed by atoms with E-state index in [1.165, 1.54) is 19.2 Å². The van der Waals surface area contributed by atoms with Gasteiger partial charge in [0.15, 0.2) is 5.88 Å². The zero-order valence-electron chi connectivity index (χ0n) is 11.9. The Morgan fingerprint density at radius 3 is 2.39 bits per heavy atom. The number of nitrogen functional groups attached to an aromatic ring is 1. The molecule has 23 heavy (non-hydrogen) atoms. The third-order valence-electron chi connectivity index (χ3n) is 4.07. The maximum absolute atomic E-state index is 12.3. The van der Waals surface area contributed by atoms with E-state index in [1.807, 2.05) is 0 Å². The van der Waals surface area contributed by atoms with Crippen LogP contribution < -0.4 is 27.8 Å². The maximum atomic E-state index is 12.3. The summed E-state index contributed by atoms with van der Waals surface area (Å²) in [5.41, 5.74) is 4.69. The van der Waals surface area contributed by atoms with Crippen molar-refractivity contribution in [1.29, 1.82) is 0 Å². The molecule has 0 amide bonds. The zero-order chi connectivity index (χ0) is 16.5. The van der Waals surface area contributed by atoms with E-state index in [0.29, 0.717) is 10.7 Å². The van der Waals surface area contributed by atoms with Crippen LogP contribution in [0.1, 0.15) is 0 Å². The Morgan fingerprint density at radius 2 is 1.70 bits per heavy atom. The molecule has 1 aliphatic heterocycles. The zero-order valence-corrected chi connectivity index (χ0v) is 11.9. The molecule has 0 fully saturated rings. The Hall–Kier alpha value is -3.42. The summed E-state index contributed by atoms with van der Waals surface area (Å²) >= 11 is 0. The fourth-order valence-corrected chi connectivity index (χ4v) is 3.13. The number of nitrogens with zero attached hydrogens (tertiary/aromatic N) is 1. The van der Waals surface area contributed by atoms with Crippen LogP contribution in [-0.2, 0) is 0 Å². The number of pyridine rings is 2. The summed E-state index contributed by atoms with van der Waals surface area (Å²) in [6.45, 7) is 0. The number of benzene rings is 2. The number of hydrogen-bond acceptors (Lipinski definition) is 6. The Labute approximate surface area is 126 Å². The number of rotatable bonds is 0. The van der Waals surface area contributed by atoms with Crippen LogP contribution >= 0.6 is 0 Å². The van der Waals surface area contributed by atoms with Crippen LogP contribution in [0.4, 0.5) is 5.69 Å². The Bertz CT molecular complexity index is 1300. The fraction of sp³-hybridized carbons (Fsp3) is 0.0667. The number of H-pyrrole nitrogens is 2. The summed E-state index contributed by atoms with van der Waals surface area (Å²) in [6.07, 6.45) is 0. The summed E-state index contributed by atoms with van der Waals surface area (Å²) in [6, 6.07) is 2.84. The Balaban J connectivity index is 2.62. The SMILES string of the molecule is CN=c1cc2c(=O)[nH]c(=O)c3c(N)cc4c(O)[nH]c(=O)c1c4c3-2. The van der Waals surface area contributed by atoms with Crippen molar-refractivity contribution in [1.82, 2.24) is 9.97 Å². The molecule has 8 heteroatoms. The molecular formula is C15H10N4O4. The second-order valence-electron chi connectivity index (χ2n) is 5.27. The van der Waals surface area contributed by atoms with Gasteiger partial charge in [-0.1, -0.05) is 0 Å². The lowest BCUT2D eigenvalue weighted by atomic mass is 9.90. The topological polar surface area (TPSA) is 141 Å². The summed E-state index contributed by atoms with van der Waals surface area (Å²) in [5.74, 6) is -0.376. The number of aromatic hydroxyl groups is 1. The van der Waals surface area contributed by atoms with Crippen LogP contribution in [-0.4, -0.2) is 22.1 Å². The van der Waals surface area contributed by atoms with Crippen LogP contribution in [0.15, 0.2) is 31.5 Å². The maximum Gasteiger partial charge on any atom is 0.260 e. The molecule has 2 aromatic rings. The van der Waals surface area contributed by atoms with Gasteiger partial charge in [-0.2, -0.15) is 0 Å². The standard InChI is InChI=1S/C15H10N4O4/c1-17-7-3-5-8-9-4(12(20)19-15(23)11(7)9)2-6(16)10(8)14(22)18-13(5)21/h2-3H,16H2,1H3,(H,18,21,22)(H2,19,20,23). The van der Waals surface area contributed by atoms with E-state index in [0.717, 1.165) is 0 Å². The van der Waals surface area contributed by atoms with Gasteiger partial charge in [-0.05, 0) is 12.1 Å². The number of nitrogens with one attached hydrogen (secondary N) is 2. The third-order valence-corrected chi connectivity index (χ3v) is 4.07. The molecule has 0 bridgehead atoms. The van der Waals surface area contributed by atoms with Gasteiger partial charge < -0.3 is 10.8 Å². The molecule has 0 radical (unpaired) electrons. The van der Waals surface area contributed by atoms with Gasteiger partial charge in [0.25, 0.3) is 16.7 Å². The van der Waals surface area contributed by atoms with Gasteiger partial charge in [0, 0.05) is 29.1 Å². The highest BCUT2D eigenvalue weighted by molar-refractivity contribution is 6.18. The first-order chi connectivity index (χ1) is 10.9. The number of aromatic amines is 2. The number of aromatic nitrogens is 2. The van der Waals surface area contributed by atoms with Gasteiger partial charge in [-0.15, -0.1) is 0 Å². The van der Waals surface area contributed by atoms with E-state index in [2.05, 4.69) is 15.0 Å². The molecule has 2 heterocycles. The highest BCUT2D eigenvalue weighted by Crippen LogP contribution is 2.38. The fourth-order valence-electron chi connectivity index (χ4n) is 3.13. The molecule has 0 spiro atoms. The minimum Gasteiger partial charge on any atom is -0.494 e. The molecular weight excluding hydrogens is 300 g/mol. The first kappa shape index (κ1) is 13.3. The van der Waals surface area contributed by atoms with Gasteiger partial charge in [-0.3, -0.25) is 29.3 Å². The van der Waals surface area contributed by atoms with Crippen molar-refractivity contribution >= 4 is 27.2 Å². The molecule has 114 valence electrons. The van der Waals surface area contributed by atoms with Crippen LogP contribution in [0.25, 0.3) is 32.7 Å². The summed E-state index contributed by atoms with van der Waals surface area (Å²) in [4.78, 5) is 45.2. The van der Waals surface area contributed by atoms with E-state index < -0.39 is 16.7 Å². The molecule has 2 aliphatic rings. The lowest BCUT2D eigenvalue weighted by Crippen LogP contribution is -2.27. The molecule has 4 rings (SSSR count). The van der Waals surface area contributed by atoms with Gasteiger partial charge in [0.1, 0.15) is 0 Å². The molecule has 0 unspecified atom stereocenters. The summed E-state index contributed by atoms with van der Waals surface area (Å²) in [7, 11) is 1.49. The molecule has 0 atom stereocenters. The second kappa shape index (κ2) is 4.07. The summed E-state index contributed by atoms with van der Waals surface area (Å²) in [5, 5.41) is 11.2. The van der Waals surface area contributed by atoms with E-state index >= 15 is 0 Å². The Morgan fingerprint density at radius 1 is 1.00 bits per heavy atom. The van der Waals surface area contributed by atoms with Crippen molar-refractivity contribution < 1.29 is 5.11 Å². The lowest BCUT2D eigenvalue weighted by molar-refractivity contribution is 0.459. The van der Waals surface area contributed by atoms with E-state index in [-0.39, 0.29) is 38.9 Å². The van der Waals surface area contributed by atoms with Crippen LogP contribution in [0.5, 0.6) is 5.88 Å². The monoisotopic (exact) mass is 310 g/mol. The molecule has 8 nitrogen and oxygen atoms in total. The Kier molecular flexibility index (Phi) is 2.34. The van der Waals surface area contributed by atoms with E-state index in [9.17, 15) is 19.5 Å². The van der Waals surface area contributed by atoms with Crippen molar-refractivity contribution in [3.8, 4) is 17.0 Å². The third kappa shape index (κ3) is 1.49. The second-order valence-corrected chi connectivity index (χ2v) is 5.27. The molecule has 1 aromatic carbocycles. The lowest BCUT2D eigenvalue weighted by Gasteiger charge is -2.15. The quantitative estimate of drug-likeness (QED) is 0.256. The highest BCUT2D eigenvalue weighted by atomic mass is 16.3. The van der Waals surface area contributed by atoms with Crippen molar-refractivity contribution in [2.24, 2.45) is 4.99 Å². The van der Waals surface area contributed by atoms with Gasteiger partial charge in [0.2, 0.25) is 0 Å². The molecule has 1 aromatic heterocycles. The smallest absolute Gasteiger partial charge is 0.260 e. The largest absolute Gasteiger partial charge is 0.494 e. The highest BCUT2D eigenvalue weighted by Gasteiger charge is 2.24.